The Hall–Kier alpha value is -0.660. The van der Waals surface area contributed by atoms with Crippen LogP contribution in [0.4, 0.5) is 0 Å². The number of hydrogen-bond acceptors (Lipinski definition) is 2. The van der Waals surface area contributed by atoms with Gasteiger partial charge in [0, 0.05) is 25.0 Å². The largest absolute Gasteiger partial charge is 0.356 e. The van der Waals surface area contributed by atoms with Gasteiger partial charge >= 0.3 is 0 Å². The van der Waals surface area contributed by atoms with Crippen LogP contribution in [-0.4, -0.2) is 28.6 Å². The Morgan fingerprint density at radius 2 is 1.12 bits per heavy atom. The minimum absolute atomic E-state index is 0.609. The van der Waals surface area contributed by atoms with Crippen LogP contribution >= 0.6 is 0 Å². The van der Waals surface area contributed by atoms with Gasteiger partial charge in [-0.2, -0.15) is 0 Å². The van der Waals surface area contributed by atoms with Gasteiger partial charge in [0.05, 0.1) is 0 Å². The van der Waals surface area contributed by atoms with E-state index in [2.05, 4.69) is 49.9 Å². The van der Waals surface area contributed by atoms with Crippen molar-refractivity contribution in [3.8, 4) is 0 Å². The van der Waals surface area contributed by atoms with Gasteiger partial charge in [-0.25, -0.2) is 0 Å². The van der Waals surface area contributed by atoms with Gasteiger partial charge in [-0.1, -0.05) is 90.4 Å². The van der Waals surface area contributed by atoms with E-state index in [0.29, 0.717) is 12.2 Å². The molecule has 1 rings (SSSR count). The van der Waals surface area contributed by atoms with Crippen molar-refractivity contribution < 1.29 is 0 Å². The van der Waals surface area contributed by atoms with Crippen molar-refractivity contribution >= 4 is 0 Å². The van der Waals surface area contributed by atoms with Crippen LogP contribution in [-0.2, 0) is 0 Å². The molecule has 0 fully saturated rings. The van der Waals surface area contributed by atoms with E-state index in [4.69, 9.17) is 0 Å². The van der Waals surface area contributed by atoms with Crippen molar-refractivity contribution in [1.82, 2.24) is 9.80 Å². The van der Waals surface area contributed by atoms with E-state index in [1.807, 2.05) is 0 Å². The molecule has 1 heterocycles. The summed E-state index contributed by atoms with van der Waals surface area (Å²) in [6.07, 6.45) is 26.7. The second-order valence-electron chi connectivity index (χ2n) is 8.54. The van der Waals surface area contributed by atoms with Crippen molar-refractivity contribution in [2.24, 2.45) is 0 Å². The average molecular weight is 365 g/mol. The van der Waals surface area contributed by atoms with Crippen LogP contribution in [0, 0.1) is 0 Å². The second kappa shape index (κ2) is 15.4. The quantitative estimate of drug-likeness (QED) is 0.244. The first kappa shape index (κ1) is 23.4. The molecule has 0 aromatic heterocycles. The zero-order chi connectivity index (χ0) is 19.0. The highest BCUT2D eigenvalue weighted by Gasteiger charge is 2.26. The first-order valence-corrected chi connectivity index (χ1v) is 11.9. The number of rotatable bonds is 17. The first-order valence-electron chi connectivity index (χ1n) is 11.9. The summed E-state index contributed by atoms with van der Waals surface area (Å²) >= 11 is 0. The summed E-state index contributed by atoms with van der Waals surface area (Å²) in [5, 5.41) is 0. The molecule has 1 unspecified atom stereocenters. The standard InChI is InChI=1S/C24H48N2/c1-5-7-8-9-10-11-12-13-14-15-16-17-18-19-20-24-25(6-2)21-22-26(24)23(3)4/h21-24H,5-20H2,1-4H3. The fourth-order valence-corrected chi connectivity index (χ4v) is 4.20. The molecule has 0 saturated heterocycles. The van der Waals surface area contributed by atoms with Crippen molar-refractivity contribution in [1.29, 1.82) is 0 Å². The van der Waals surface area contributed by atoms with Gasteiger partial charge in [0.15, 0.2) is 0 Å². The van der Waals surface area contributed by atoms with Gasteiger partial charge in [-0.3, -0.25) is 0 Å². The van der Waals surface area contributed by atoms with Crippen molar-refractivity contribution in [2.75, 3.05) is 6.54 Å². The van der Waals surface area contributed by atoms with E-state index < -0.39 is 0 Å². The molecule has 0 aromatic rings. The lowest BCUT2D eigenvalue weighted by atomic mass is 10.0. The second-order valence-corrected chi connectivity index (χ2v) is 8.54. The van der Waals surface area contributed by atoms with E-state index in [-0.39, 0.29) is 0 Å². The predicted molar refractivity (Wildman–Crippen MR) is 117 cm³/mol. The summed E-state index contributed by atoms with van der Waals surface area (Å²) in [7, 11) is 0. The van der Waals surface area contributed by atoms with Gasteiger partial charge < -0.3 is 9.80 Å². The predicted octanol–water partition coefficient (Wildman–Crippen LogP) is 7.70. The highest BCUT2D eigenvalue weighted by Crippen LogP contribution is 2.23. The molecule has 0 spiro atoms. The minimum atomic E-state index is 0.609. The number of unbranched alkanes of at least 4 members (excludes halogenated alkanes) is 13. The van der Waals surface area contributed by atoms with E-state index in [9.17, 15) is 0 Å². The normalized spacial score (nSPS) is 17.0. The van der Waals surface area contributed by atoms with Gasteiger partial charge in [-0.15, -0.1) is 0 Å². The number of nitrogens with zero attached hydrogens (tertiary/aromatic N) is 2. The van der Waals surface area contributed by atoms with Gasteiger partial charge in [-0.05, 0) is 33.6 Å². The summed E-state index contributed by atoms with van der Waals surface area (Å²) in [6.45, 7) is 10.3. The summed E-state index contributed by atoms with van der Waals surface area (Å²) in [5.41, 5.74) is 0. The maximum absolute atomic E-state index is 2.53. The van der Waals surface area contributed by atoms with Gasteiger partial charge in [0.1, 0.15) is 6.17 Å². The summed E-state index contributed by atoms with van der Waals surface area (Å²) in [5.74, 6) is 0. The van der Waals surface area contributed by atoms with Crippen LogP contribution in [0.3, 0.4) is 0 Å². The summed E-state index contributed by atoms with van der Waals surface area (Å²) in [4.78, 5) is 5.04. The first-order chi connectivity index (χ1) is 12.7. The zero-order valence-electron chi connectivity index (χ0n) is 18.5. The van der Waals surface area contributed by atoms with Crippen LogP contribution in [0.15, 0.2) is 12.4 Å². The highest BCUT2D eigenvalue weighted by molar-refractivity contribution is 4.97. The molecule has 2 nitrogen and oxygen atoms in total. The molecule has 0 radical (unpaired) electrons. The van der Waals surface area contributed by atoms with E-state index in [0.717, 1.165) is 6.54 Å². The Balaban J connectivity index is 1.90. The van der Waals surface area contributed by atoms with E-state index >= 15 is 0 Å². The number of hydrogen-bond donors (Lipinski definition) is 0. The molecule has 1 aliphatic rings. The third-order valence-corrected chi connectivity index (χ3v) is 5.93. The van der Waals surface area contributed by atoms with Crippen LogP contribution in [0.5, 0.6) is 0 Å². The Bertz CT molecular complexity index is 337. The minimum Gasteiger partial charge on any atom is -0.356 e. The molecule has 1 aliphatic heterocycles. The third-order valence-electron chi connectivity index (χ3n) is 5.93. The van der Waals surface area contributed by atoms with Crippen LogP contribution in [0.25, 0.3) is 0 Å². The lowest BCUT2D eigenvalue weighted by Gasteiger charge is -2.34. The maximum Gasteiger partial charge on any atom is 0.101 e. The van der Waals surface area contributed by atoms with Gasteiger partial charge in [0.2, 0.25) is 0 Å². The van der Waals surface area contributed by atoms with Crippen molar-refractivity contribution in [2.45, 2.75) is 136 Å². The maximum atomic E-state index is 2.53. The average Bonchev–Trinajstić information content (AvgIpc) is 3.05. The molecule has 0 aromatic carbocycles. The van der Waals surface area contributed by atoms with Crippen LogP contribution in [0.2, 0.25) is 0 Å². The zero-order valence-corrected chi connectivity index (χ0v) is 18.5. The summed E-state index contributed by atoms with van der Waals surface area (Å²) in [6, 6.07) is 0.611. The third kappa shape index (κ3) is 9.88. The topological polar surface area (TPSA) is 6.48 Å². The smallest absolute Gasteiger partial charge is 0.101 e. The molecule has 0 bridgehead atoms. The lowest BCUT2D eigenvalue weighted by molar-refractivity contribution is 0.119. The molecule has 0 N–H and O–H groups in total. The van der Waals surface area contributed by atoms with E-state index in [1.54, 1.807) is 0 Å². The highest BCUT2D eigenvalue weighted by atomic mass is 15.4. The monoisotopic (exact) mass is 364 g/mol. The Kier molecular flexibility index (Phi) is 13.9. The molecule has 154 valence electrons. The molecule has 1 atom stereocenters. The Morgan fingerprint density at radius 1 is 0.654 bits per heavy atom. The molecule has 26 heavy (non-hydrogen) atoms. The fraction of sp³-hybridized carbons (Fsp3) is 0.917. The Morgan fingerprint density at radius 3 is 1.54 bits per heavy atom. The Labute approximate surface area is 165 Å². The van der Waals surface area contributed by atoms with Crippen molar-refractivity contribution in [3.05, 3.63) is 12.4 Å². The molecular formula is C24H48N2. The molecule has 0 saturated carbocycles. The van der Waals surface area contributed by atoms with Crippen LogP contribution in [0.1, 0.15) is 124 Å². The molecular weight excluding hydrogens is 316 g/mol. The lowest BCUT2D eigenvalue weighted by Crippen LogP contribution is -2.41. The van der Waals surface area contributed by atoms with Crippen LogP contribution < -0.4 is 0 Å². The van der Waals surface area contributed by atoms with Crippen molar-refractivity contribution in [3.63, 3.8) is 0 Å². The van der Waals surface area contributed by atoms with E-state index in [1.165, 1.54) is 96.3 Å². The molecule has 0 aliphatic carbocycles. The fourth-order valence-electron chi connectivity index (χ4n) is 4.20. The SMILES string of the molecule is CCCCCCCCCCCCCCCCC1N(CC)C=CN1C(C)C. The summed E-state index contributed by atoms with van der Waals surface area (Å²) < 4.78 is 0. The molecule has 0 amide bonds. The van der Waals surface area contributed by atoms with Gasteiger partial charge in [0.25, 0.3) is 0 Å². The molecule has 2 heteroatoms.